The fourth-order valence-electron chi connectivity index (χ4n) is 4.61. The highest BCUT2D eigenvalue weighted by atomic mass is 19.4. The number of likely N-dealkylation sites (N-methyl/N-ethyl adjacent to an activating group) is 1. The smallest absolute Gasteiger partial charge is 0.416 e. The summed E-state index contributed by atoms with van der Waals surface area (Å²) in [7, 11) is 1.64. The number of nitrogens with one attached hydrogen (secondary N) is 1. The Hall–Kier alpha value is -4.37. The summed E-state index contributed by atoms with van der Waals surface area (Å²) in [4.78, 5) is 41.9. The lowest BCUT2D eigenvalue weighted by molar-refractivity contribution is -0.138. The first-order valence-corrected chi connectivity index (χ1v) is 11.7. The summed E-state index contributed by atoms with van der Waals surface area (Å²) in [6.45, 7) is 0.479. The predicted octanol–water partition coefficient (Wildman–Crippen LogP) is 3.35. The van der Waals surface area contributed by atoms with Crippen molar-refractivity contribution in [3.05, 3.63) is 76.5 Å². The zero-order valence-corrected chi connectivity index (χ0v) is 20.3. The zero-order valence-electron chi connectivity index (χ0n) is 20.3. The summed E-state index contributed by atoms with van der Waals surface area (Å²) in [6, 6.07) is 11.1. The van der Waals surface area contributed by atoms with E-state index >= 15 is 0 Å². The van der Waals surface area contributed by atoms with Crippen molar-refractivity contribution in [3.63, 3.8) is 0 Å². The van der Waals surface area contributed by atoms with Crippen molar-refractivity contribution in [1.29, 1.82) is 5.26 Å². The first-order chi connectivity index (χ1) is 18.0. The van der Waals surface area contributed by atoms with Gasteiger partial charge in [0, 0.05) is 13.1 Å². The van der Waals surface area contributed by atoms with Gasteiger partial charge in [-0.05, 0) is 49.4 Å². The van der Waals surface area contributed by atoms with Crippen LogP contribution in [0.25, 0.3) is 0 Å². The van der Waals surface area contributed by atoms with E-state index in [1.807, 2.05) is 6.07 Å². The van der Waals surface area contributed by atoms with Crippen LogP contribution >= 0.6 is 0 Å². The fourth-order valence-corrected chi connectivity index (χ4v) is 4.61. The molecular weight excluding hydrogens is 503 g/mol. The summed E-state index contributed by atoms with van der Waals surface area (Å²) in [5, 5.41) is 20.8. The third-order valence-electron chi connectivity index (χ3n) is 6.38. The number of hydrogen-bond acceptors (Lipinski definition) is 5. The fraction of sp³-hybridized carbons (Fsp3) is 0.308. The second-order valence-electron chi connectivity index (χ2n) is 9.07. The molecule has 0 aliphatic carbocycles. The van der Waals surface area contributed by atoms with Gasteiger partial charge in [0.15, 0.2) is 0 Å². The van der Waals surface area contributed by atoms with Crippen LogP contribution < -0.4 is 10.2 Å². The molecule has 38 heavy (non-hydrogen) atoms. The van der Waals surface area contributed by atoms with Gasteiger partial charge in [0.2, 0.25) is 0 Å². The summed E-state index contributed by atoms with van der Waals surface area (Å²) in [6.07, 6.45) is -4.17. The van der Waals surface area contributed by atoms with Gasteiger partial charge in [0.25, 0.3) is 5.91 Å². The molecule has 2 heterocycles. The number of carboxylic acids is 1. The van der Waals surface area contributed by atoms with Gasteiger partial charge in [-0.3, -0.25) is 19.4 Å². The number of anilines is 1. The second-order valence-corrected chi connectivity index (χ2v) is 9.07. The Kier molecular flexibility index (Phi) is 7.41. The van der Waals surface area contributed by atoms with Gasteiger partial charge in [-0.25, -0.2) is 4.79 Å². The number of hydrogen-bond donors (Lipinski definition) is 2. The molecule has 0 saturated heterocycles. The van der Waals surface area contributed by atoms with Gasteiger partial charge >= 0.3 is 18.2 Å². The van der Waals surface area contributed by atoms with E-state index in [0.717, 1.165) is 17.0 Å². The molecule has 2 aromatic carbocycles. The van der Waals surface area contributed by atoms with E-state index in [-0.39, 0.29) is 42.5 Å². The molecular formula is C26H24F3N5O4. The lowest BCUT2D eigenvalue weighted by Gasteiger charge is -2.34. The quantitative estimate of drug-likeness (QED) is 0.544. The van der Waals surface area contributed by atoms with E-state index in [1.54, 1.807) is 36.2 Å². The number of nitrogens with zero attached hydrogens (tertiary/aromatic N) is 4. The minimum absolute atomic E-state index is 0.00669. The third kappa shape index (κ3) is 5.47. The molecule has 2 aromatic rings. The van der Waals surface area contributed by atoms with Crippen LogP contribution in [0.2, 0.25) is 0 Å². The van der Waals surface area contributed by atoms with Crippen LogP contribution in [0.1, 0.15) is 29.2 Å². The Bertz CT molecular complexity index is 1330. The molecule has 3 amide bonds. The van der Waals surface area contributed by atoms with Gasteiger partial charge in [-0.15, -0.1) is 0 Å². The number of carboxylic acid groups (broad SMARTS) is 1. The molecule has 12 heteroatoms. The highest BCUT2D eigenvalue weighted by Crippen LogP contribution is 2.40. The van der Waals surface area contributed by atoms with Crippen LogP contribution in [-0.4, -0.2) is 66.0 Å². The first kappa shape index (κ1) is 26.7. The molecule has 4 rings (SSSR count). The maximum absolute atomic E-state index is 13.6. The Morgan fingerprint density at radius 2 is 1.92 bits per heavy atom. The number of halogens is 3. The molecule has 0 unspecified atom stereocenters. The van der Waals surface area contributed by atoms with Crippen molar-refractivity contribution in [1.82, 2.24) is 15.1 Å². The number of aliphatic carboxylic acids is 1. The minimum Gasteiger partial charge on any atom is -0.480 e. The number of benzene rings is 2. The Morgan fingerprint density at radius 3 is 2.55 bits per heavy atom. The average Bonchev–Trinajstić information content (AvgIpc) is 3.18. The molecule has 0 saturated carbocycles. The van der Waals surface area contributed by atoms with E-state index in [1.165, 1.54) is 17.0 Å². The highest BCUT2D eigenvalue weighted by molar-refractivity contribution is 6.07. The van der Waals surface area contributed by atoms with Crippen molar-refractivity contribution in [2.75, 3.05) is 38.1 Å². The van der Waals surface area contributed by atoms with Crippen LogP contribution in [0.4, 0.5) is 23.7 Å². The third-order valence-corrected chi connectivity index (χ3v) is 6.38. The number of amides is 3. The van der Waals surface area contributed by atoms with E-state index in [2.05, 4.69) is 5.32 Å². The Labute approximate surface area is 216 Å². The standard InChI is InChI=1S/C26H24F3N5O4/c1-32(15-21(35)36)10-3-11-33-14-20-22(24(33)37)23(17-8-6-16(13-30)7-9-17)31-25(38)34(20)19-5-2-4-18(12-19)26(27,28)29/h2,4-9,12,23H,3,10-11,14-15H2,1H3,(H,31,38)(H,35,36)/t23-/m1/s1. The molecule has 0 spiro atoms. The van der Waals surface area contributed by atoms with Gasteiger partial charge in [-0.2, -0.15) is 18.4 Å². The molecule has 0 fully saturated rings. The van der Waals surface area contributed by atoms with Gasteiger partial charge in [-0.1, -0.05) is 18.2 Å². The number of carbonyl (C=O) groups excluding carboxylic acids is 2. The van der Waals surface area contributed by atoms with Crippen LogP contribution in [0.3, 0.4) is 0 Å². The molecule has 0 bridgehead atoms. The maximum Gasteiger partial charge on any atom is 0.416 e. The largest absolute Gasteiger partial charge is 0.480 e. The van der Waals surface area contributed by atoms with Gasteiger partial charge in [0.05, 0.1) is 53.3 Å². The molecule has 198 valence electrons. The van der Waals surface area contributed by atoms with Crippen molar-refractivity contribution < 1.29 is 32.7 Å². The van der Waals surface area contributed by atoms with Gasteiger partial charge in [0.1, 0.15) is 0 Å². The normalized spacial score (nSPS) is 17.5. The first-order valence-electron chi connectivity index (χ1n) is 11.7. The van der Waals surface area contributed by atoms with E-state index in [4.69, 9.17) is 10.4 Å². The summed E-state index contributed by atoms with van der Waals surface area (Å²) < 4.78 is 40.2. The Balaban J connectivity index is 1.68. The van der Waals surface area contributed by atoms with E-state index in [0.29, 0.717) is 24.1 Å². The van der Waals surface area contributed by atoms with E-state index < -0.39 is 29.8 Å². The van der Waals surface area contributed by atoms with E-state index in [9.17, 15) is 27.6 Å². The number of alkyl halides is 3. The summed E-state index contributed by atoms with van der Waals surface area (Å²) in [5.74, 6) is -1.36. The minimum atomic E-state index is -4.62. The number of rotatable bonds is 8. The summed E-state index contributed by atoms with van der Waals surface area (Å²) in [5.41, 5.74) is 0.475. The number of carbonyl (C=O) groups is 3. The Morgan fingerprint density at radius 1 is 1.21 bits per heavy atom. The number of urea groups is 1. The highest BCUT2D eigenvalue weighted by Gasteiger charge is 2.45. The number of nitriles is 1. The summed E-state index contributed by atoms with van der Waals surface area (Å²) >= 11 is 0. The second kappa shape index (κ2) is 10.5. The van der Waals surface area contributed by atoms with Crippen molar-refractivity contribution in [3.8, 4) is 6.07 Å². The average molecular weight is 528 g/mol. The SMILES string of the molecule is CN(CCCN1CC2=C(C1=O)[C@@H](c1ccc(C#N)cc1)NC(=O)N2c1cccc(C(F)(F)F)c1)CC(=O)O. The lowest BCUT2D eigenvalue weighted by Crippen LogP contribution is -2.47. The molecule has 0 aromatic heterocycles. The molecule has 1 atom stereocenters. The predicted molar refractivity (Wildman–Crippen MR) is 130 cm³/mol. The van der Waals surface area contributed by atoms with Crippen LogP contribution in [0.15, 0.2) is 59.8 Å². The topological polar surface area (TPSA) is 117 Å². The molecule has 2 aliphatic heterocycles. The van der Waals surface area contributed by atoms with Crippen molar-refractivity contribution in [2.24, 2.45) is 0 Å². The molecule has 2 aliphatic rings. The molecule has 2 N–H and O–H groups in total. The van der Waals surface area contributed by atoms with Crippen LogP contribution in [0, 0.1) is 11.3 Å². The van der Waals surface area contributed by atoms with Crippen LogP contribution in [-0.2, 0) is 15.8 Å². The monoisotopic (exact) mass is 527 g/mol. The lowest BCUT2D eigenvalue weighted by atomic mass is 9.94. The van der Waals surface area contributed by atoms with Gasteiger partial charge < -0.3 is 15.3 Å². The van der Waals surface area contributed by atoms with Crippen LogP contribution in [0.5, 0.6) is 0 Å². The maximum atomic E-state index is 13.6. The molecule has 9 nitrogen and oxygen atoms in total. The van der Waals surface area contributed by atoms with Crippen molar-refractivity contribution >= 4 is 23.6 Å². The zero-order chi connectivity index (χ0) is 27.6. The van der Waals surface area contributed by atoms with Crippen molar-refractivity contribution in [2.45, 2.75) is 18.6 Å². The molecule has 0 radical (unpaired) electrons.